The number of rotatable bonds is 8. The summed E-state index contributed by atoms with van der Waals surface area (Å²) in [6, 6.07) is 8.94. The van der Waals surface area contributed by atoms with Gasteiger partial charge in [-0.25, -0.2) is 0 Å². The Morgan fingerprint density at radius 2 is 1.78 bits per heavy atom. The van der Waals surface area contributed by atoms with Gasteiger partial charge in [-0.15, -0.1) is 0 Å². The monoisotopic (exact) mass is 390 g/mol. The van der Waals surface area contributed by atoms with Crippen molar-refractivity contribution in [2.24, 2.45) is 5.73 Å². The largest absolute Gasteiger partial charge is 0.493 e. The van der Waals surface area contributed by atoms with E-state index in [4.69, 9.17) is 26.8 Å². The number of benzene rings is 2. The van der Waals surface area contributed by atoms with Crippen LogP contribution < -0.4 is 20.5 Å². The van der Waals surface area contributed by atoms with Crippen LogP contribution in [0.15, 0.2) is 30.3 Å². The van der Waals surface area contributed by atoms with Crippen LogP contribution in [-0.4, -0.2) is 25.5 Å². The molecule has 0 bridgehead atoms. The molecule has 2 rings (SSSR count). The molecule has 0 saturated heterocycles. The van der Waals surface area contributed by atoms with Gasteiger partial charge in [-0.3, -0.25) is 9.59 Å². The highest BCUT2D eigenvalue weighted by atomic mass is 35.5. The van der Waals surface area contributed by atoms with E-state index >= 15 is 0 Å². The van der Waals surface area contributed by atoms with Crippen molar-refractivity contribution in [2.75, 3.05) is 19.0 Å². The van der Waals surface area contributed by atoms with Crippen molar-refractivity contribution in [3.05, 3.63) is 52.0 Å². The summed E-state index contributed by atoms with van der Waals surface area (Å²) in [5.41, 5.74) is 8.34. The van der Waals surface area contributed by atoms with E-state index in [1.54, 1.807) is 0 Å². The van der Waals surface area contributed by atoms with Crippen LogP contribution in [0.4, 0.5) is 5.69 Å². The molecule has 2 aromatic carbocycles. The number of hydrogen-bond donors (Lipinski definition) is 2. The zero-order chi connectivity index (χ0) is 20.0. The number of methoxy groups -OCH3 is 1. The SMILES string of the molecule is CCc1cccc(CC)c1NC(=O)c1cc(Cl)c(OCC(N)=O)c(OC)c1. The van der Waals surface area contributed by atoms with Crippen LogP contribution in [-0.2, 0) is 17.6 Å². The van der Waals surface area contributed by atoms with Gasteiger partial charge in [0.2, 0.25) is 0 Å². The van der Waals surface area contributed by atoms with Gasteiger partial charge in [0, 0.05) is 11.3 Å². The van der Waals surface area contributed by atoms with Crippen LogP contribution in [0, 0.1) is 0 Å². The van der Waals surface area contributed by atoms with Gasteiger partial charge in [0.1, 0.15) is 0 Å². The lowest BCUT2D eigenvalue weighted by Gasteiger charge is -2.16. The molecule has 0 aliphatic rings. The molecule has 0 saturated carbocycles. The van der Waals surface area contributed by atoms with Crippen LogP contribution in [0.1, 0.15) is 35.3 Å². The van der Waals surface area contributed by atoms with E-state index in [9.17, 15) is 9.59 Å². The summed E-state index contributed by atoms with van der Waals surface area (Å²) < 4.78 is 10.5. The van der Waals surface area contributed by atoms with Crippen LogP contribution >= 0.6 is 11.6 Å². The topological polar surface area (TPSA) is 90.6 Å². The molecule has 0 atom stereocenters. The number of hydrogen-bond acceptors (Lipinski definition) is 4. The fourth-order valence-electron chi connectivity index (χ4n) is 2.72. The maximum Gasteiger partial charge on any atom is 0.255 e. The number of carbonyl (C=O) groups is 2. The molecule has 0 aliphatic heterocycles. The lowest BCUT2D eigenvalue weighted by molar-refractivity contribution is -0.119. The number of amides is 2. The number of anilines is 1. The van der Waals surface area contributed by atoms with Gasteiger partial charge in [0.05, 0.1) is 12.1 Å². The van der Waals surface area contributed by atoms with Gasteiger partial charge < -0.3 is 20.5 Å². The molecule has 0 unspecified atom stereocenters. The smallest absolute Gasteiger partial charge is 0.255 e. The molecule has 2 amide bonds. The average molecular weight is 391 g/mol. The average Bonchev–Trinajstić information content (AvgIpc) is 2.66. The van der Waals surface area contributed by atoms with E-state index in [0.717, 1.165) is 29.7 Å². The van der Waals surface area contributed by atoms with Crippen molar-refractivity contribution in [1.29, 1.82) is 0 Å². The summed E-state index contributed by atoms with van der Waals surface area (Å²) in [7, 11) is 1.42. The first-order chi connectivity index (χ1) is 12.9. The molecule has 144 valence electrons. The molecule has 0 fully saturated rings. The Morgan fingerprint density at radius 1 is 1.15 bits per heavy atom. The van der Waals surface area contributed by atoms with Crippen LogP contribution in [0.3, 0.4) is 0 Å². The number of nitrogens with two attached hydrogens (primary N) is 1. The Hall–Kier alpha value is -2.73. The van der Waals surface area contributed by atoms with Crippen LogP contribution in [0.5, 0.6) is 11.5 Å². The first-order valence-corrected chi connectivity index (χ1v) is 8.99. The fraction of sp³-hybridized carbons (Fsp3) is 0.300. The highest BCUT2D eigenvalue weighted by molar-refractivity contribution is 6.32. The van der Waals surface area contributed by atoms with Crippen LogP contribution in [0.2, 0.25) is 5.02 Å². The minimum atomic E-state index is -0.641. The van der Waals surface area contributed by atoms with E-state index in [0.29, 0.717) is 5.56 Å². The van der Waals surface area contributed by atoms with Gasteiger partial charge >= 0.3 is 0 Å². The van der Waals surface area contributed by atoms with Gasteiger partial charge in [-0.2, -0.15) is 0 Å². The zero-order valence-electron chi connectivity index (χ0n) is 15.6. The van der Waals surface area contributed by atoms with E-state index in [2.05, 4.69) is 5.32 Å². The second-order valence-corrected chi connectivity index (χ2v) is 6.26. The third-order valence-electron chi connectivity index (χ3n) is 4.09. The highest BCUT2D eigenvalue weighted by Crippen LogP contribution is 2.36. The number of carbonyl (C=O) groups excluding carboxylic acids is 2. The molecule has 0 heterocycles. The van der Waals surface area contributed by atoms with Gasteiger partial charge in [-0.1, -0.05) is 43.6 Å². The number of primary amides is 1. The molecule has 6 nitrogen and oxygen atoms in total. The summed E-state index contributed by atoms with van der Waals surface area (Å²) >= 11 is 6.22. The second-order valence-electron chi connectivity index (χ2n) is 5.86. The third-order valence-corrected chi connectivity index (χ3v) is 4.37. The normalized spacial score (nSPS) is 10.4. The predicted molar refractivity (Wildman–Crippen MR) is 106 cm³/mol. The molecule has 2 aromatic rings. The summed E-state index contributed by atoms with van der Waals surface area (Å²) in [6.07, 6.45) is 1.60. The summed E-state index contributed by atoms with van der Waals surface area (Å²) in [4.78, 5) is 23.7. The van der Waals surface area contributed by atoms with E-state index < -0.39 is 5.91 Å². The Kier molecular flexibility index (Phi) is 7.07. The van der Waals surface area contributed by atoms with Gasteiger partial charge in [-0.05, 0) is 36.1 Å². The van der Waals surface area contributed by atoms with Crippen molar-refractivity contribution in [3.8, 4) is 11.5 Å². The molecule has 7 heteroatoms. The third kappa shape index (κ3) is 4.92. The lowest BCUT2D eigenvalue weighted by Crippen LogP contribution is -2.20. The van der Waals surface area contributed by atoms with Crippen molar-refractivity contribution < 1.29 is 19.1 Å². The second kappa shape index (κ2) is 9.28. The van der Waals surface area contributed by atoms with Crippen molar-refractivity contribution in [1.82, 2.24) is 0 Å². The Morgan fingerprint density at radius 3 is 2.30 bits per heavy atom. The van der Waals surface area contributed by atoms with Crippen molar-refractivity contribution in [2.45, 2.75) is 26.7 Å². The fourth-order valence-corrected chi connectivity index (χ4v) is 2.99. The van der Waals surface area contributed by atoms with Gasteiger partial charge in [0.15, 0.2) is 18.1 Å². The predicted octanol–water partition coefficient (Wildman–Crippen LogP) is 3.59. The van der Waals surface area contributed by atoms with E-state index in [1.807, 2.05) is 32.0 Å². The molecule has 0 aromatic heterocycles. The van der Waals surface area contributed by atoms with E-state index in [1.165, 1.54) is 19.2 Å². The van der Waals surface area contributed by atoms with Crippen molar-refractivity contribution >= 4 is 29.1 Å². The van der Waals surface area contributed by atoms with E-state index in [-0.39, 0.29) is 29.0 Å². The highest BCUT2D eigenvalue weighted by Gasteiger charge is 2.18. The standard InChI is InChI=1S/C20H23ClN2O4/c1-4-12-7-6-8-13(5-2)18(12)23-20(25)14-9-15(21)19(16(10-14)26-3)27-11-17(22)24/h6-10H,4-5,11H2,1-3H3,(H2,22,24)(H,23,25). The number of ether oxygens (including phenoxy) is 2. The maximum atomic E-state index is 12.8. The number of halogens is 1. The molecule has 0 aliphatic carbocycles. The first-order valence-electron chi connectivity index (χ1n) is 8.61. The quantitative estimate of drug-likeness (QED) is 0.720. The molecule has 27 heavy (non-hydrogen) atoms. The van der Waals surface area contributed by atoms with Crippen LogP contribution in [0.25, 0.3) is 0 Å². The summed E-state index contributed by atoms with van der Waals surface area (Å²) in [6.45, 7) is 3.73. The Labute approximate surface area is 163 Å². The molecular weight excluding hydrogens is 368 g/mol. The Balaban J connectivity index is 2.35. The van der Waals surface area contributed by atoms with Crippen molar-refractivity contribution in [3.63, 3.8) is 0 Å². The maximum absolute atomic E-state index is 12.8. The lowest BCUT2D eigenvalue weighted by atomic mass is 10.0. The number of nitrogens with one attached hydrogen (secondary N) is 1. The molecule has 3 N–H and O–H groups in total. The first kappa shape index (κ1) is 20.6. The van der Waals surface area contributed by atoms with Gasteiger partial charge in [0.25, 0.3) is 11.8 Å². The molecule has 0 spiro atoms. The minimum absolute atomic E-state index is 0.153. The number of aryl methyl sites for hydroxylation is 2. The summed E-state index contributed by atoms with van der Waals surface area (Å²) in [5, 5.41) is 3.13. The Bertz CT molecular complexity index is 830. The minimum Gasteiger partial charge on any atom is -0.493 e. The summed E-state index contributed by atoms with van der Waals surface area (Å²) in [5.74, 6) is -0.545. The molecule has 0 radical (unpaired) electrons. The zero-order valence-corrected chi connectivity index (χ0v) is 16.4. The number of para-hydroxylation sites is 1. The molecular formula is C20H23ClN2O4.